The largest absolute Gasteiger partial charge is 0.481 e. The Labute approximate surface area is 189 Å². The van der Waals surface area contributed by atoms with Crippen molar-refractivity contribution < 1.29 is 51.3 Å². The van der Waals surface area contributed by atoms with E-state index in [1.807, 2.05) is 0 Å². The summed E-state index contributed by atoms with van der Waals surface area (Å²) in [5.74, 6) is -9.02. The summed E-state index contributed by atoms with van der Waals surface area (Å²) in [5, 5.41) is 21.6. The van der Waals surface area contributed by atoms with Gasteiger partial charge >= 0.3 is 24.1 Å². The molecular formula is C20H21ClF5NO6. The van der Waals surface area contributed by atoms with Crippen molar-refractivity contribution >= 4 is 29.5 Å². The number of rotatable bonds is 6. The van der Waals surface area contributed by atoms with E-state index in [-0.39, 0.29) is 0 Å². The van der Waals surface area contributed by atoms with Gasteiger partial charge in [0.25, 0.3) is 0 Å². The predicted octanol–water partition coefficient (Wildman–Crippen LogP) is 3.64. The minimum Gasteiger partial charge on any atom is -0.481 e. The van der Waals surface area contributed by atoms with Crippen LogP contribution >= 0.6 is 11.6 Å². The molecule has 184 valence electrons. The van der Waals surface area contributed by atoms with Gasteiger partial charge in [0, 0.05) is 17.5 Å². The first kappa shape index (κ1) is 26.8. The summed E-state index contributed by atoms with van der Waals surface area (Å²) in [6, 6.07) is -2.12. The highest BCUT2D eigenvalue weighted by molar-refractivity contribution is 6.31. The number of carboxylic acid groups (broad SMARTS) is 2. The number of hydrogen-bond acceptors (Lipinski definition) is 5. The van der Waals surface area contributed by atoms with Crippen LogP contribution in [-0.4, -0.2) is 54.0 Å². The van der Waals surface area contributed by atoms with E-state index in [9.17, 15) is 42.2 Å². The molecule has 1 aromatic rings. The van der Waals surface area contributed by atoms with Gasteiger partial charge in [-0.1, -0.05) is 11.6 Å². The Bertz CT molecular complexity index is 973. The van der Waals surface area contributed by atoms with Gasteiger partial charge in [0.2, 0.25) is 0 Å². The maximum atomic E-state index is 15.2. The molecule has 0 aromatic heterocycles. The number of hydrogen-bond donors (Lipinski definition) is 3. The lowest BCUT2D eigenvalue weighted by Crippen LogP contribution is -2.70. The molecule has 0 amide bonds. The minimum atomic E-state index is -5.34. The predicted molar refractivity (Wildman–Crippen MR) is 104 cm³/mol. The molecule has 1 fully saturated rings. The molecule has 0 aliphatic carbocycles. The topological polar surface area (TPSA) is 113 Å². The number of ether oxygens (including phenoxy) is 1. The first-order valence-corrected chi connectivity index (χ1v) is 9.89. The molecule has 1 heterocycles. The van der Waals surface area contributed by atoms with E-state index in [1.54, 1.807) is 0 Å². The summed E-state index contributed by atoms with van der Waals surface area (Å²) in [5.41, 5.74) is -8.54. The third kappa shape index (κ3) is 4.14. The van der Waals surface area contributed by atoms with Crippen molar-refractivity contribution in [2.75, 3.05) is 13.8 Å². The van der Waals surface area contributed by atoms with E-state index in [0.717, 1.165) is 21.0 Å². The van der Waals surface area contributed by atoms with Crippen LogP contribution in [0.4, 0.5) is 22.0 Å². The summed E-state index contributed by atoms with van der Waals surface area (Å²) < 4.78 is 75.7. The highest BCUT2D eigenvalue weighted by Crippen LogP contribution is 2.60. The fourth-order valence-electron chi connectivity index (χ4n) is 4.73. The van der Waals surface area contributed by atoms with Crippen LogP contribution in [0.2, 0.25) is 5.02 Å². The van der Waals surface area contributed by atoms with Crippen LogP contribution in [0, 0.1) is 16.6 Å². The molecule has 0 bridgehead atoms. The van der Waals surface area contributed by atoms with Crippen molar-refractivity contribution in [3.63, 3.8) is 0 Å². The fraction of sp³-hybridized carbons (Fsp3) is 0.550. The number of aliphatic carboxylic acids is 2. The lowest BCUT2D eigenvalue weighted by molar-refractivity contribution is -0.178. The van der Waals surface area contributed by atoms with Crippen LogP contribution in [0.3, 0.4) is 0 Å². The third-order valence-electron chi connectivity index (χ3n) is 6.45. The second-order valence-corrected chi connectivity index (χ2v) is 8.44. The van der Waals surface area contributed by atoms with Gasteiger partial charge in [-0.3, -0.25) is 14.4 Å². The smallest absolute Gasteiger partial charge is 0.418 e. The highest BCUT2D eigenvalue weighted by Gasteiger charge is 2.68. The van der Waals surface area contributed by atoms with E-state index in [0.29, 0.717) is 12.1 Å². The van der Waals surface area contributed by atoms with Crippen molar-refractivity contribution in [3.8, 4) is 0 Å². The van der Waals surface area contributed by atoms with Crippen LogP contribution in [0.5, 0.6) is 0 Å². The molecule has 1 aliphatic rings. The van der Waals surface area contributed by atoms with Gasteiger partial charge in [0.15, 0.2) is 0 Å². The zero-order chi connectivity index (χ0) is 25.5. The molecule has 1 aliphatic heterocycles. The number of benzene rings is 1. The van der Waals surface area contributed by atoms with Gasteiger partial charge in [-0.05, 0) is 26.0 Å². The van der Waals surface area contributed by atoms with Crippen molar-refractivity contribution in [2.24, 2.45) is 10.8 Å². The lowest BCUT2D eigenvalue weighted by Gasteiger charge is -2.56. The standard InChI is InChI=1S/C20H21ClF5NO6/c1-8-19(17(31)32,6-12(28)33-3)15(18(2,16(29)30)11(7-22)27-8)13-10(23)5-4-9(21)14(13)20(24,25)26/h4-5,8,11,15,27H,6-7H2,1-3H3,(H,29,30)(H,31,32). The number of methoxy groups -OCH3 is 1. The Balaban J connectivity index is 3.15. The zero-order valence-electron chi connectivity index (χ0n) is 17.6. The van der Waals surface area contributed by atoms with Gasteiger partial charge in [-0.15, -0.1) is 0 Å². The fourth-order valence-corrected chi connectivity index (χ4v) is 5.00. The molecule has 13 heteroatoms. The minimum absolute atomic E-state index is 0.525. The van der Waals surface area contributed by atoms with Crippen LogP contribution < -0.4 is 5.32 Å². The maximum Gasteiger partial charge on any atom is 0.418 e. The van der Waals surface area contributed by atoms with Crippen molar-refractivity contribution in [1.82, 2.24) is 5.32 Å². The molecule has 0 radical (unpaired) electrons. The zero-order valence-corrected chi connectivity index (χ0v) is 18.4. The van der Waals surface area contributed by atoms with Gasteiger partial charge in [0.05, 0.1) is 35.6 Å². The Morgan fingerprint density at radius 2 is 1.79 bits per heavy atom. The number of carboxylic acids is 2. The average Bonchev–Trinajstić information content (AvgIpc) is 2.70. The second-order valence-electron chi connectivity index (χ2n) is 8.03. The van der Waals surface area contributed by atoms with Gasteiger partial charge in [-0.25, -0.2) is 8.78 Å². The van der Waals surface area contributed by atoms with Crippen LogP contribution in [0.25, 0.3) is 0 Å². The molecule has 3 N–H and O–H groups in total. The van der Waals surface area contributed by atoms with Crippen LogP contribution in [-0.2, 0) is 25.3 Å². The molecule has 5 unspecified atom stereocenters. The van der Waals surface area contributed by atoms with E-state index in [1.165, 1.54) is 0 Å². The summed E-state index contributed by atoms with van der Waals surface area (Å²) in [7, 11) is 0.885. The van der Waals surface area contributed by atoms with E-state index >= 15 is 4.39 Å². The Kier molecular flexibility index (Phi) is 7.35. The van der Waals surface area contributed by atoms with E-state index in [2.05, 4.69) is 10.1 Å². The first-order valence-electron chi connectivity index (χ1n) is 9.51. The summed E-state index contributed by atoms with van der Waals surface area (Å²) in [4.78, 5) is 37.2. The van der Waals surface area contributed by atoms with E-state index in [4.69, 9.17) is 11.6 Å². The summed E-state index contributed by atoms with van der Waals surface area (Å²) >= 11 is 5.73. The molecule has 5 atom stereocenters. The number of nitrogens with one attached hydrogen (secondary N) is 1. The Morgan fingerprint density at radius 3 is 2.21 bits per heavy atom. The van der Waals surface area contributed by atoms with Crippen LogP contribution in [0.1, 0.15) is 37.3 Å². The van der Waals surface area contributed by atoms with Gasteiger partial charge in [-0.2, -0.15) is 13.2 Å². The Hall–Kier alpha value is -2.47. The van der Waals surface area contributed by atoms with E-state index < -0.39 is 88.0 Å². The third-order valence-corrected chi connectivity index (χ3v) is 6.77. The average molecular weight is 502 g/mol. The number of esters is 1. The normalized spacial score (nSPS) is 30.0. The maximum absolute atomic E-state index is 15.2. The number of alkyl halides is 4. The quantitative estimate of drug-likeness (QED) is 0.403. The van der Waals surface area contributed by atoms with Crippen molar-refractivity contribution in [1.29, 1.82) is 0 Å². The first-order chi connectivity index (χ1) is 15.1. The molecule has 1 aromatic carbocycles. The number of halogens is 6. The molecule has 0 spiro atoms. The SMILES string of the molecule is COC(=O)CC1(C(=O)O)C(C)NC(CF)C(C)(C(=O)O)C1c1c(F)ccc(Cl)c1C(F)(F)F. The van der Waals surface area contributed by atoms with Gasteiger partial charge in [0.1, 0.15) is 17.9 Å². The lowest BCUT2D eigenvalue weighted by atomic mass is 9.50. The molecule has 7 nitrogen and oxygen atoms in total. The molecule has 1 saturated heterocycles. The summed E-state index contributed by atoms with van der Waals surface area (Å²) in [6.07, 6.45) is -6.48. The van der Waals surface area contributed by atoms with Crippen molar-refractivity contribution in [2.45, 2.75) is 44.4 Å². The molecule has 2 rings (SSSR count). The molecule has 33 heavy (non-hydrogen) atoms. The van der Waals surface area contributed by atoms with Crippen LogP contribution in [0.15, 0.2) is 12.1 Å². The molecule has 0 saturated carbocycles. The second kappa shape index (κ2) is 9.05. The number of piperidine rings is 1. The molecular weight excluding hydrogens is 481 g/mol. The monoisotopic (exact) mass is 501 g/mol. The van der Waals surface area contributed by atoms with Gasteiger partial charge < -0.3 is 20.3 Å². The number of carbonyl (C=O) groups excluding carboxylic acids is 1. The van der Waals surface area contributed by atoms with Crippen molar-refractivity contribution in [3.05, 3.63) is 34.1 Å². The Morgan fingerprint density at radius 1 is 1.21 bits per heavy atom. The number of carbonyl (C=O) groups is 3. The highest BCUT2D eigenvalue weighted by atomic mass is 35.5. The summed E-state index contributed by atoms with van der Waals surface area (Å²) in [6.45, 7) is 0.490.